The molecular formula is C21H30O2. The van der Waals surface area contributed by atoms with Crippen LogP contribution in [0.1, 0.15) is 75.8 Å². The first kappa shape index (κ1) is 17.8. The molecule has 0 N–H and O–H groups in total. The molecule has 0 spiro atoms. The van der Waals surface area contributed by atoms with Gasteiger partial charge in [-0.05, 0) is 62.5 Å². The van der Waals surface area contributed by atoms with Crippen LogP contribution in [-0.2, 0) is 16.0 Å². The van der Waals surface area contributed by atoms with Crippen LogP contribution in [0.15, 0.2) is 35.9 Å². The van der Waals surface area contributed by atoms with Crippen LogP contribution in [-0.4, -0.2) is 12.6 Å². The highest BCUT2D eigenvalue weighted by Gasteiger charge is 2.19. The predicted molar refractivity (Wildman–Crippen MR) is 95.6 cm³/mol. The van der Waals surface area contributed by atoms with Crippen molar-refractivity contribution in [3.8, 4) is 0 Å². The van der Waals surface area contributed by atoms with Crippen molar-refractivity contribution in [2.45, 2.75) is 71.1 Å². The van der Waals surface area contributed by atoms with Gasteiger partial charge in [0.2, 0.25) is 0 Å². The minimum atomic E-state index is -0.183. The maximum atomic E-state index is 11.5. The summed E-state index contributed by atoms with van der Waals surface area (Å²) in [6.45, 7) is 4.55. The van der Waals surface area contributed by atoms with Gasteiger partial charge in [-0.2, -0.15) is 0 Å². The molecule has 0 aliphatic heterocycles. The van der Waals surface area contributed by atoms with E-state index in [2.05, 4.69) is 31.2 Å². The molecular weight excluding hydrogens is 284 g/mol. The van der Waals surface area contributed by atoms with E-state index < -0.39 is 0 Å². The van der Waals surface area contributed by atoms with Crippen LogP contribution in [0.5, 0.6) is 0 Å². The Bertz CT molecular complexity index is 503. The number of unbranched alkanes of at least 4 members (excludes halogenated alkanes) is 2. The van der Waals surface area contributed by atoms with Gasteiger partial charge < -0.3 is 4.74 Å². The third kappa shape index (κ3) is 5.85. The average Bonchev–Trinajstić information content (AvgIpc) is 2.57. The van der Waals surface area contributed by atoms with Crippen molar-refractivity contribution in [2.24, 2.45) is 0 Å². The first-order chi connectivity index (χ1) is 11.2. The normalized spacial score (nSPS) is 17.8. The largest absolute Gasteiger partial charge is 0.463 e. The number of rotatable bonds is 7. The van der Waals surface area contributed by atoms with Crippen LogP contribution in [0.4, 0.5) is 0 Å². The van der Waals surface area contributed by atoms with Gasteiger partial charge >= 0.3 is 5.97 Å². The zero-order valence-electron chi connectivity index (χ0n) is 14.6. The number of hydrogen-bond donors (Lipinski definition) is 0. The fourth-order valence-corrected chi connectivity index (χ4v) is 3.35. The van der Waals surface area contributed by atoms with Crippen LogP contribution < -0.4 is 0 Å². The summed E-state index contributed by atoms with van der Waals surface area (Å²) in [6.07, 6.45) is 11.1. The topological polar surface area (TPSA) is 26.3 Å². The number of hydrogen-bond acceptors (Lipinski definition) is 2. The lowest BCUT2D eigenvalue weighted by atomic mass is 9.81. The van der Waals surface area contributed by atoms with Gasteiger partial charge in [0, 0.05) is 6.08 Å². The van der Waals surface area contributed by atoms with Gasteiger partial charge in [-0.3, -0.25) is 0 Å². The highest BCUT2D eigenvalue weighted by atomic mass is 16.5. The Balaban J connectivity index is 1.84. The van der Waals surface area contributed by atoms with E-state index in [1.165, 1.54) is 42.4 Å². The lowest BCUT2D eigenvalue weighted by molar-refractivity contribution is -0.137. The molecule has 0 aromatic heterocycles. The van der Waals surface area contributed by atoms with E-state index in [0.29, 0.717) is 12.5 Å². The SMILES string of the molecule is CCCCCc1ccc(C2CCC(=CC(=O)OCC)CC2)cc1. The second kappa shape index (κ2) is 9.54. The number of carbonyl (C=O) groups is 1. The summed E-state index contributed by atoms with van der Waals surface area (Å²) in [5.41, 5.74) is 4.16. The fourth-order valence-electron chi connectivity index (χ4n) is 3.35. The fraction of sp³-hybridized carbons (Fsp3) is 0.571. The van der Waals surface area contributed by atoms with Gasteiger partial charge in [-0.25, -0.2) is 4.79 Å². The summed E-state index contributed by atoms with van der Waals surface area (Å²) in [6, 6.07) is 9.22. The highest BCUT2D eigenvalue weighted by molar-refractivity contribution is 5.82. The lowest BCUT2D eigenvalue weighted by Gasteiger charge is -2.24. The lowest BCUT2D eigenvalue weighted by Crippen LogP contribution is -2.09. The van der Waals surface area contributed by atoms with Crippen molar-refractivity contribution >= 4 is 5.97 Å². The maximum absolute atomic E-state index is 11.5. The molecule has 1 fully saturated rings. The molecule has 23 heavy (non-hydrogen) atoms. The molecule has 0 heterocycles. The second-order valence-electron chi connectivity index (χ2n) is 6.53. The molecule has 0 atom stereocenters. The number of allylic oxidation sites excluding steroid dienone is 1. The Morgan fingerprint density at radius 3 is 2.43 bits per heavy atom. The predicted octanol–water partition coefficient (Wildman–Crippen LogP) is 5.57. The summed E-state index contributed by atoms with van der Waals surface area (Å²) in [4.78, 5) is 11.5. The molecule has 126 valence electrons. The summed E-state index contributed by atoms with van der Waals surface area (Å²) in [5.74, 6) is 0.455. The molecule has 0 unspecified atom stereocenters. The van der Waals surface area contributed by atoms with Gasteiger partial charge in [0.05, 0.1) is 6.61 Å². The number of aryl methyl sites for hydroxylation is 1. The van der Waals surface area contributed by atoms with Crippen LogP contribution in [0.3, 0.4) is 0 Å². The molecule has 1 aromatic rings. The van der Waals surface area contributed by atoms with E-state index in [-0.39, 0.29) is 5.97 Å². The van der Waals surface area contributed by atoms with Crippen molar-refractivity contribution in [1.29, 1.82) is 0 Å². The highest BCUT2D eigenvalue weighted by Crippen LogP contribution is 2.35. The van der Waals surface area contributed by atoms with Crippen molar-refractivity contribution < 1.29 is 9.53 Å². The zero-order valence-corrected chi connectivity index (χ0v) is 14.6. The molecule has 2 rings (SSSR count). The Labute approximate surface area is 140 Å². The van der Waals surface area contributed by atoms with Crippen molar-refractivity contribution in [1.82, 2.24) is 0 Å². The summed E-state index contributed by atoms with van der Waals surface area (Å²) >= 11 is 0. The first-order valence-corrected chi connectivity index (χ1v) is 9.18. The number of carbonyl (C=O) groups excluding carboxylic acids is 1. The number of benzene rings is 1. The van der Waals surface area contributed by atoms with E-state index in [0.717, 1.165) is 25.7 Å². The second-order valence-corrected chi connectivity index (χ2v) is 6.53. The molecule has 1 aliphatic rings. The summed E-state index contributed by atoms with van der Waals surface area (Å²) in [5, 5.41) is 0. The number of ether oxygens (including phenoxy) is 1. The Morgan fingerprint density at radius 2 is 1.83 bits per heavy atom. The van der Waals surface area contributed by atoms with Crippen molar-refractivity contribution in [3.63, 3.8) is 0 Å². The van der Waals surface area contributed by atoms with Gasteiger partial charge in [0.25, 0.3) is 0 Å². The van der Waals surface area contributed by atoms with E-state index in [1.54, 1.807) is 6.08 Å². The molecule has 0 radical (unpaired) electrons. The van der Waals surface area contributed by atoms with Gasteiger partial charge in [-0.15, -0.1) is 0 Å². The van der Waals surface area contributed by atoms with Crippen LogP contribution in [0.25, 0.3) is 0 Å². The molecule has 0 saturated heterocycles. The minimum absolute atomic E-state index is 0.183. The minimum Gasteiger partial charge on any atom is -0.463 e. The molecule has 2 heteroatoms. The maximum Gasteiger partial charge on any atom is 0.330 e. The third-order valence-corrected chi connectivity index (χ3v) is 4.76. The zero-order chi connectivity index (χ0) is 16.5. The Kier molecular flexibility index (Phi) is 7.38. The van der Waals surface area contributed by atoms with Crippen molar-refractivity contribution in [3.05, 3.63) is 47.0 Å². The molecule has 0 bridgehead atoms. The van der Waals surface area contributed by atoms with Crippen LogP contribution in [0.2, 0.25) is 0 Å². The molecule has 0 amide bonds. The molecule has 1 aromatic carbocycles. The summed E-state index contributed by atoms with van der Waals surface area (Å²) < 4.78 is 4.99. The van der Waals surface area contributed by atoms with Gasteiger partial charge in [-0.1, -0.05) is 49.6 Å². The standard InChI is InChI=1S/C21H30O2/c1-3-5-6-7-17-8-12-19(13-9-17)20-14-10-18(11-15-20)16-21(22)23-4-2/h8-9,12-13,16,20H,3-7,10-11,14-15H2,1-2H3. The van der Waals surface area contributed by atoms with E-state index in [9.17, 15) is 4.79 Å². The Hall–Kier alpha value is -1.57. The van der Waals surface area contributed by atoms with E-state index in [4.69, 9.17) is 4.74 Å². The van der Waals surface area contributed by atoms with Gasteiger partial charge in [0.1, 0.15) is 0 Å². The van der Waals surface area contributed by atoms with Crippen LogP contribution in [0, 0.1) is 0 Å². The van der Waals surface area contributed by atoms with E-state index in [1.807, 2.05) is 6.92 Å². The summed E-state index contributed by atoms with van der Waals surface area (Å²) in [7, 11) is 0. The third-order valence-electron chi connectivity index (χ3n) is 4.76. The smallest absolute Gasteiger partial charge is 0.330 e. The first-order valence-electron chi connectivity index (χ1n) is 9.18. The van der Waals surface area contributed by atoms with Crippen LogP contribution >= 0.6 is 0 Å². The Morgan fingerprint density at radius 1 is 1.13 bits per heavy atom. The average molecular weight is 314 g/mol. The monoisotopic (exact) mass is 314 g/mol. The molecule has 1 saturated carbocycles. The van der Waals surface area contributed by atoms with E-state index >= 15 is 0 Å². The number of esters is 1. The van der Waals surface area contributed by atoms with Gasteiger partial charge in [0.15, 0.2) is 0 Å². The quantitative estimate of drug-likeness (QED) is 0.374. The molecule has 1 aliphatic carbocycles. The molecule has 2 nitrogen and oxygen atoms in total. The van der Waals surface area contributed by atoms with Crippen molar-refractivity contribution in [2.75, 3.05) is 6.61 Å².